The van der Waals surface area contributed by atoms with E-state index < -0.39 is 11.7 Å². The standard InChI is InChI=1S/C19H14F3N5O/c1-26-10-23-17-14(18(26)28)7-15(25-16(17)12-8-24-27(2)9-12)11-3-5-13(6-4-11)19(20,21)22/h3-10H,1-2H3. The number of nitrogens with zero attached hydrogens (tertiary/aromatic N) is 5. The molecule has 0 saturated heterocycles. The van der Waals surface area contributed by atoms with Crippen LogP contribution < -0.4 is 5.56 Å². The topological polar surface area (TPSA) is 65.6 Å². The largest absolute Gasteiger partial charge is 0.416 e. The molecule has 0 aliphatic heterocycles. The third-order valence-electron chi connectivity index (χ3n) is 4.39. The van der Waals surface area contributed by atoms with Crippen LogP contribution in [0.4, 0.5) is 13.2 Å². The highest BCUT2D eigenvalue weighted by Gasteiger charge is 2.30. The fourth-order valence-corrected chi connectivity index (χ4v) is 2.94. The molecule has 4 aromatic rings. The maximum Gasteiger partial charge on any atom is 0.416 e. The number of aromatic nitrogens is 5. The van der Waals surface area contributed by atoms with E-state index in [4.69, 9.17) is 0 Å². The predicted molar refractivity (Wildman–Crippen MR) is 97.4 cm³/mol. The molecule has 0 saturated carbocycles. The van der Waals surface area contributed by atoms with E-state index in [0.29, 0.717) is 33.4 Å². The van der Waals surface area contributed by atoms with Gasteiger partial charge < -0.3 is 4.57 Å². The molecular weight excluding hydrogens is 371 g/mol. The van der Waals surface area contributed by atoms with Crippen LogP contribution >= 0.6 is 0 Å². The van der Waals surface area contributed by atoms with Crippen LogP contribution in [0.15, 0.2) is 53.8 Å². The zero-order valence-electron chi connectivity index (χ0n) is 14.9. The van der Waals surface area contributed by atoms with Crippen LogP contribution in [0.5, 0.6) is 0 Å². The number of hydrogen-bond donors (Lipinski definition) is 0. The Hall–Kier alpha value is -3.49. The van der Waals surface area contributed by atoms with Crippen LogP contribution in [0.25, 0.3) is 33.4 Å². The van der Waals surface area contributed by atoms with Gasteiger partial charge in [-0.15, -0.1) is 0 Å². The van der Waals surface area contributed by atoms with Crippen molar-refractivity contribution in [1.29, 1.82) is 0 Å². The first-order chi connectivity index (χ1) is 13.2. The van der Waals surface area contributed by atoms with Gasteiger partial charge in [0.2, 0.25) is 0 Å². The number of rotatable bonds is 2. The first-order valence-electron chi connectivity index (χ1n) is 8.27. The Balaban J connectivity index is 1.97. The fraction of sp³-hybridized carbons (Fsp3) is 0.158. The molecular formula is C19H14F3N5O. The second-order valence-electron chi connectivity index (χ2n) is 6.39. The molecule has 1 aromatic carbocycles. The van der Waals surface area contributed by atoms with Crippen molar-refractivity contribution < 1.29 is 13.2 Å². The average Bonchev–Trinajstić information content (AvgIpc) is 3.10. The molecule has 9 heteroatoms. The molecule has 0 N–H and O–H groups in total. The number of halogens is 3. The highest BCUT2D eigenvalue weighted by molar-refractivity contribution is 5.93. The van der Waals surface area contributed by atoms with E-state index in [1.807, 2.05) is 0 Å². The van der Waals surface area contributed by atoms with E-state index in [9.17, 15) is 18.0 Å². The van der Waals surface area contributed by atoms with Gasteiger partial charge in [-0.2, -0.15) is 18.3 Å². The molecule has 0 atom stereocenters. The highest BCUT2D eigenvalue weighted by Crippen LogP contribution is 2.32. The molecule has 142 valence electrons. The number of benzene rings is 1. The van der Waals surface area contributed by atoms with Crippen molar-refractivity contribution in [3.05, 3.63) is 65.0 Å². The Morgan fingerprint density at radius 2 is 1.75 bits per heavy atom. The average molecular weight is 385 g/mol. The molecule has 3 heterocycles. The SMILES string of the molecule is Cn1cc(-c2nc(-c3ccc(C(F)(F)F)cc3)cc3c(=O)n(C)cnc23)cn1. The molecule has 28 heavy (non-hydrogen) atoms. The molecule has 6 nitrogen and oxygen atoms in total. The third kappa shape index (κ3) is 3.04. The Labute approximate surface area is 156 Å². The third-order valence-corrected chi connectivity index (χ3v) is 4.39. The van der Waals surface area contributed by atoms with Crippen molar-refractivity contribution in [2.24, 2.45) is 14.1 Å². The number of hydrogen-bond acceptors (Lipinski definition) is 4. The van der Waals surface area contributed by atoms with E-state index in [-0.39, 0.29) is 5.56 Å². The minimum absolute atomic E-state index is 0.272. The van der Waals surface area contributed by atoms with Crippen LogP contribution in [0.2, 0.25) is 0 Å². The Kier molecular flexibility index (Phi) is 4.02. The zero-order chi connectivity index (χ0) is 20.1. The maximum atomic E-state index is 12.8. The van der Waals surface area contributed by atoms with Crippen molar-refractivity contribution >= 4 is 10.9 Å². The summed E-state index contributed by atoms with van der Waals surface area (Å²) in [4.78, 5) is 21.5. The van der Waals surface area contributed by atoms with E-state index in [2.05, 4.69) is 15.1 Å². The molecule has 0 bridgehead atoms. The van der Waals surface area contributed by atoms with Crippen LogP contribution in [0.1, 0.15) is 5.56 Å². The summed E-state index contributed by atoms with van der Waals surface area (Å²) in [5.41, 5.74) is 1.33. The smallest absolute Gasteiger partial charge is 0.302 e. The number of aryl methyl sites for hydroxylation is 2. The second-order valence-corrected chi connectivity index (χ2v) is 6.39. The molecule has 0 spiro atoms. The molecule has 4 rings (SSSR count). The van der Waals surface area contributed by atoms with E-state index in [0.717, 1.165) is 12.1 Å². The normalized spacial score (nSPS) is 11.9. The van der Waals surface area contributed by atoms with Crippen molar-refractivity contribution in [3.63, 3.8) is 0 Å². The lowest BCUT2D eigenvalue weighted by molar-refractivity contribution is -0.137. The Bertz CT molecular complexity index is 1240. The second kappa shape index (κ2) is 6.29. The van der Waals surface area contributed by atoms with Gasteiger partial charge in [0.25, 0.3) is 5.56 Å². The van der Waals surface area contributed by atoms with Crippen LogP contribution in [-0.4, -0.2) is 24.3 Å². The van der Waals surface area contributed by atoms with Gasteiger partial charge in [-0.3, -0.25) is 9.48 Å². The maximum absolute atomic E-state index is 12.8. The lowest BCUT2D eigenvalue weighted by Gasteiger charge is -2.10. The van der Waals surface area contributed by atoms with E-state index in [1.165, 1.54) is 23.0 Å². The molecule has 0 unspecified atom stereocenters. The summed E-state index contributed by atoms with van der Waals surface area (Å²) in [6.45, 7) is 0. The van der Waals surface area contributed by atoms with E-state index >= 15 is 0 Å². The summed E-state index contributed by atoms with van der Waals surface area (Å²) < 4.78 is 41.4. The van der Waals surface area contributed by atoms with Gasteiger partial charge in [0, 0.05) is 31.4 Å². The molecule has 3 aromatic heterocycles. The number of alkyl halides is 3. The van der Waals surface area contributed by atoms with Gasteiger partial charge in [-0.05, 0) is 18.2 Å². The fourth-order valence-electron chi connectivity index (χ4n) is 2.94. The predicted octanol–water partition coefficient (Wildman–Crippen LogP) is 3.41. The molecule has 0 aliphatic carbocycles. The lowest BCUT2D eigenvalue weighted by Crippen LogP contribution is -2.17. The van der Waals surface area contributed by atoms with Crippen molar-refractivity contribution in [3.8, 4) is 22.5 Å². The van der Waals surface area contributed by atoms with Crippen molar-refractivity contribution in [2.75, 3.05) is 0 Å². The monoisotopic (exact) mass is 385 g/mol. The van der Waals surface area contributed by atoms with Gasteiger partial charge in [0.15, 0.2) is 0 Å². The summed E-state index contributed by atoms with van der Waals surface area (Å²) in [6.07, 6.45) is 0.314. The van der Waals surface area contributed by atoms with Gasteiger partial charge in [-0.25, -0.2) is 9.97 Å². The van der Waals surface area contributed by atoms with Crippen LogP contribution in [-0.2, 0) is 20.3 Å². The quantitative estimate of drug-likeness (QED) is 0.530. The van der Waals surface area contributed by atoms with Crippen LogP contribution in [0, 0.1) is 0 Å². The van der Waals surface area contributed by atoms with Gasteiger partial charge >= 0.3 is 6.18 Å². The minimum atomic E-state index is -4.42. The number of pyridine rings is 1. The number of fused-ring (bicyclic) bond motifs is 1. The Morgan fingerprint density at radius 1 is 1.04 bits per heavy atom. The van der Waals surface area contributed by atoms with Crippen molar-refractivity contribution in [2.45, 2.75) is 6.18 Å². The first-order valence-corrected chi connectivity index (χ1v) is 8.27. The Morgan fingerprint density at radius 3 is 2.36 bits per heavy atom. The minimum Gasteiger partial charge on any atom is -0.302 e. The first kappa shape index (κ1) is 17.9. The summed E-state index contributed by atoms with van der Waals surface area (Å²) >= 11 is 0. The summed E-state index contributed by atoms with van der Waals surface area (Å²) in [5.74, 6) is 0. The molecule has 0 fully saturated rings. The zero-order valence-corrected chi connectivity index (χ0v) is 14.9. The van der Waals surface area contributed by atoms with Gasteiger partial charge in [0.1, 0.15) is 11.2 Å². The van der Waals surface area contributed by atoms with Crippen LogP contribution in [0.3, 0.4) is 0 Å². The summed E-state index contributed by atoms with van der Waals surface area (Å²) in [6, 6.07) is 6.21. The van der Waals surface area contributed by atoms with Gasteiger partial charge in [-0.1, -0.05) is 12.1 Å². The summed E-state index contributed by atoms with van der Waals surface area (Å²) in [7, 11) is 3.33. The lowest BCUT2D eigenvalue weighted by atomic mass is 10.0. The molecule has 0 aliphatic rings. The highest BCUT2D eigenvalue weighted by atomic mass is 19.4. The van der Waals surface area contributed by atoms with Crippen molar-refractivity contribution in [1.82, 2.24) is 24.3 Å². The molecule has 0 amide bonds. The summed E-state index contributed by atoms with van der Waals surface area (Å²) in [5, 5.41) is 4.45. The van der Waals surface area contributed by atoms with Gasteiger partial charge in [0.05, 0.1) is 29.2 Å². The van der Waals surface area contributed by atoms with E-state index in [1.54, 1.807) is 37.2 Å². The molecule has 0 radical (unpaired) electrons.